The number of carbonyl (C=O) groups excluding carboxylic acids is 1. The summed E-state index contributed by atoms with van der Waals surface area (Å²) in [4.78, 5) is 20.4. The van der Waals surface area contributed by atoms with E-state index in [1.54, 1.807) is 0 Å². The van der Waals surface area contributed by atoms with E-state index in [4.69, 9.17) is 16.3 Å². The lowest BCUT2D eigenvalue weighted by atomic mass is 10.2. The Morgan fingerprint density at radius 1 is 1.43 bits per heavy atom. The highest BCUT2D eigenvalue weighted by Crippen LogP contribution is 2.18. The number of carbonyl (C=O) groups is 1. The first-order valence-corrected chi connectivity index (χ1v) is 7.58. The molecular formula is C15H14BrClN2O2. The smallest absolute Gasteiger partial charge is 0.358 e. The number of aromatic nitrogens is 2. The molecule has 0 aliphatic carbocycles. The van der Waals surface area contributed by atoms with E-state index in [1.165, 1.54) is 6.20 Å². The van der Waals surface area contributed by atoms with Gasteiger partial charge in [0.25, 0.3) is 0 Å². The first kappa shape index (κ1) is 15.9. The highest BCUT2D eigenvalue weighted by atomic mass is 79.9. The molecule has 21 heavy (non-hydrogen) atoms. The van der Waals surface area contributed by atoms with Gasteiger partial charge in [0.1, 0.15) is 12.4 Å². The monoisotopic (exact) mass is 368 g/mol. The van der Waals surface area contributed by atoms with Crippen LogP contribution in [-0.4, -0.2) is 15.9 Å². The molecule has 1 heterocycles. The topological polar surface area (TPSA) is 52.1 Å². The molecule has 4 nitrogen and oxygen atoms in total. The SMILES string of the molecule is CC(C)c1ncc(Cl)c(C(=O)OCc2cccc(Br)c2)n1. The Bertz CT molecular complexity index is 662. The number of halogens is 2. The molecule has 0 atom stereocenters. The molecule has 1 aromatic heterocycles. The van der Waals surface area contributed by atoms with E-state index in [2.05, 4.69) is 25.9 Å². The Kier molecular flexibility index (Phi) is 5.31. The lowest BCUT2D eigenvalue weighted by Gasteiger charge is -2.08. The van der Waals surface area contributed by atoms with Crippen molar-refractivity contribution in [2.24, 2.45) is 0 Å². The summed E-state index contributed by atoms with van der Waals surface area (Å²) in [5.74, 6) is 0.122. The fraction of sp³-hybridized carbons (Fsp3) is 0.267. The summed E-state index contributed by atoms with van der Waals surface area (Å²) in [7, 11) is 0. The Labute approximate surface area is 136 Å². The van der Waals surface area contributed by atoms with Gasteiger partial charge in [-0.1, -0.05) is 53.5 Å². The van der Waals surface area contributed by atoms with Crippen molar-refractivity contribution in [1.82, 2.24) is 9.97 Å². The quantitative estimate of drug-likeness (QED) is 0.751. The number of ether oxygens (including phenoxy) is 1. The van der Waals surface area contributed by atoms with Crippen LogP contribution >= 0.6 is 27.5 Å². The second-order valence-corrected chi connectivity index (χ2v) is 6.11. The molecule has 0 saturated heterocycles. The Balaban J connectivity index is 2.11. The van der Waals surface area contributed by atoms with Crippen LogP contribution in [0.15, 0.2) is 34.9 Å². The van der Waals surface area contributed by atoms with Crippen molar-refractivity contribution in [2.45, 2.75) is 26.4 Å². The summed E-state index contributed by atoms with van der Waals surface area (Å²) in [5, 5.41) is 0.193. The molecule has 0 amide bonds. The largest absolute Gasteiger partial charge is 0.456 e. The van der Waals surface area contributed by atoms with Gasteiger partial charge in [0.15, 0.2) is 5.69 Å². The van der Waals surface area contributed by atoms with Crippen molar-refractivity contribution in [3.8, 4) is 0 Å². The van der Waals surface area contributed by atoms with Gasteiger partial charge in [-0.25, -0.2) is 14.8 Å². The third-order valence-electron chi connectivity index (χ3n) is 2.73. The molecule has 0 spiro atoms. The van der Waals surface area contributed by atoms with Crippen LogP contribution < -0.4 is 0 Å². The summed E-state index contributed by atoms with van der Waals surface area (Å²) >= 11 is 9.34. The molecular weight excluding hydrogens is 356 g/mol. The third-order valence-corrected chi connectivity index (χ3v) is 3.50. The minimum absolute atomic E-state index is 0.102. The number of esters is 1. The van der Waals surface area contributed by atoms with Crippen LogP contribution in [0.2, 0.25) is 5.02 Å². The van der Waals surface area contributed by atoms with Crippen LogP contribution in [0.4, 0.5) is 0 Å². The van der Waals surface area contributed by atoms with E-state index in [9.17, 15) is 4.79 Å². The van der Waals surface area contributed by atoms with Gasteiger partial charge in [0.2, 0.25) is 0 Å². The predicted octanol–water partition coefficient (Wildman–Crippen LogP) is 4.37. The van der Waals surface area contributed by atoms with Crippen molar-refractivity contribution >= 4 is 33.5 Å². The number of hydrogen-bond acceptors (Lipinski definition) is 4. The van der Waals surface area contributed by atoms with Crippen LogP contribution in [0.3, 0.4) is 0 Å². The highest BCUT2D eigenvalue weighted by Gasteiger charge is 2.17. The molecule has 0 fully saturated rings. The van der Waals surface area contributed by atoms with Crippen LogP contribution in [0.1, 0.15) is 41.6 Å². The molecule has 0 N–H and O–H groups in total. The molecule has 0 saturated carbocycles. The van der Waals surface area contributed by atoms with E-state index in [1.807, 2.05) is 38.1 Å². The fourth-order valence-electron chi connectivity index (χ4n) is 1.65. The third kappa shape index (κ3) is 4.25. The van der Waals surface area contributed by atoms with E-state index < -0.39 is 5.97 Å². The zero-order chi connectivity index (χ0) is 15.4. The maximum atomic E-state index is 12.1. The molecule has 6 heteroatoms. The van der Waals surface area contributed by atoms with E-state index >= 15 is 0 Å². The molecule has 0 radical (unpaired) electrons. The second kappa shape index (κ2) is 7.00. The molecule has 1 aromatic carbocycles. The van der Waals surface area contributed by atoms with Gasteiger partial charge in [-0.05, 0) is 17.7 Å². The van der Waals surface area contributed by atoms with Gasteiger partial charge in [-0.15, -0.1) is 0 Å². The van der Waals surface area contributed by atoms with Crippen LogP contribution in [-0.2, 0) is 11.3 Å². The molecule has 0 unspecified atom stereocenters. The maximum absolute atomic E-state index is 12.1. The zero-order valence-electron chi connectivity index (χ0n) is 11.6. The molecule has 0 bridgehead atoms. The minimum atomic E-state index is -0.552. The zero-order valence-corrected chi connectivity index (χ0v) is 14.0. The first-order chi connectivity index (χ1) is 9.97. The number of nitrogens with zero attached hydrogens (tertiary/aromatic N) is 2. The number of benzene rings is 1. The van der Waals surface area contributed by atoms with Crippen molar-refractivity contribution in [3.63, 3.8) is 0 Å². The Morgan fingerprint density at radius 3 is 2.86 bits per heavy atom. The number of hydrogen-bond donors (Lipinski definition) is 0. The Morgan fingerprint density at radius 2 is 2.19 bits per heavy atom. The van der Waals surface area contributed by atoms with Gasteiger partial charge < -0.3 is 4.74 Å². The summed E-state index contributed by atoms with van der Waals surface area (Å²) < 4.78 is 6.18. The minimum Gasteiger partial charge on any atom is -0.456 e. The van der Waals surface area contributed by atoms with Gasteiger partial charge in [0.05, 0.1) is 11.2 Å². The summed E-state index contributed by atoms with van der Waals surface area (Å²) in [6.45, 7) is 4.05. The molecule has 0 aliphatic rings. The second-order valence-electron chi connectivity index (χ2n) is 4.79. The molecule has 2 aromatic rings. The molecule has 110 valence electrons. The first-order valence-electron chi connectivity index (χ1n) is 6.41. The maximum Gasteiger partial charge on any atom is 0.358 e. The van der Waals surface area contributed by atoms with Crippen molar-refractivity contribution < 1.29 is 9.53 Å². The van der Waals surface area contributed by atoms with Crippen LogP contribution in [0.5, 0.6) is 0 Å². The van der Waals surface area contributed by atoms with Gasteiger partial charge in [-0.3, -0.25) is 0 Å². The molecule has 0 aliphatic heterocycles. The predicted molar refractivity (Wildman–Crippen MR) is 84.4 cm³/mol. The van der Waals surface area contributed by atoms with E-state index in [0.717, 1.165) is 10.0 Å². The average molecular weight is 370 g/mol. The van der Waals surface area contributed by atoms with Crippen molar-refractivity contribution in [1.29, 1.82) is 0 Å². The van der Waals surface area contributed by atoms with Crippen LogP contribution in [0, 0.1) is 0 Å². The van der Waals surface area contributed by atoms with E-state index in [0.29, 0.717) is 5.82 Å². The summed E-state index contributed by atoms with van der Waals surface area (Å²) in [5.41, 5.74) is 0.984. The normalized spacial score (nSPS) is 10.7. The lowest BCUT2D eigenvalue weighted by Crippen LogP contribution is -2.11. The highest BCUT2D eigenvalue weighted by molar-refractivity contribution is 9.10. The molecule has 2 rings (SSSR count). The van der Waals surface area contributed by atoms with Crippen LogP contribution in [0.25, 0.3) is 0 Å². The average Bonchev–Trinajstić information content (AvgIpc) is 2.45. The summed E-state index contributed by atoms with van der Waals surface area (Å²) in [6, 6.07) is 7.54. The van der Waals surface area contributed by atoms with Crippen molar-refractivity contribution in [3.05, 3.63) is 57.0 Å². The van der Waals surface area contributed by atoms with Crippen molar-refractivity contribution in [2.75, 3.05) is 0 Å². The fourth-order valence-corrected chi connectivity index (χ4v) is 2.26. The van der Waals surface area contributed by atoms with Gasteiger partial charge >= 0.3 is 5.97 Å². The van der Waals surface area contributed by atoms with E-state index in [-0.39, 0.29) is 23.2 Å². The standard InChI is InChI=1S/C15H14BrClN2O2/c1-9(2)14-18-7-12(17)13(19-14)15(20)21-8-10-4-3-5-11(16)6-10/h3-7,9H,8H2,1-2H3. The van der Waals surface area contributed by atoms with Gasteiger partial charge in [-0.2, -0.15) is 0 Å². The lowest BCUT2D eigenvalue weighted by molar-refractivity contribution is 0.0465. The number of rotatable bonds is 4. The Hall–Kier alpha value is -1.46. The summed E-state index contributed by atoms with van der Waals surface area (Å²) in [6.07, 6.45) is 1.43. The van der Waals surface area contributed by atoms with Gasteiger partial charge in [0, 0.05) is 10.4 Å².